The third-order valence-corrected chi connectivity index (χ3v) is 4.95. The number of pyridine rings is 1. The van der Waals surface area contributed by atoms with Gasteiger partial charge in [-0.05, 0) is 17.9 Å². The number of carbonyl (C=O) groups is 1. The number of thioether (sulfide) groups is 1. The summed E-state index contributed by atoms with van der Waals surface area (Å²) in [6.45, 7) is 3.83. The molecular weight excluding hydrogens is 282 g/mol. The van der Waals surface area contributed by atoms with E-state index in [9.17, 15) is 4.79 Å². The van der Waals surface area contributed by atoms with Crippen LogP contribution in [0, 0.1) is 0 Å². The van der Waals surface area contributed by atoms with Crippen LogP contribution in [0.3, 0.4) is 0 Å². The fraction of sp³-hybridized carbons (Fsp3) is 0.375. The molecule has 1 atom stereocenters. The van der Waals surface area contributed by atoms with Gasteiger partial charge in [-0.3, -0.25) is 5.32 Å². The number of rotatable bonds is 1. The van der Waals surface area contributed by atoms with Crippen molar-refractivity contribution in [2.24, 2.45) is 0 Å². The largest absolute Gasteiger partial charge is 0.324 e. The second kappa shape index (κ2) is 6.35. The molecule has 0 radical (unpaired) electrons. The molecule has 3 rings (SSSR count). The van der Waals surface area contributed by atoms with Crippen LogP contribution in [0.25, 0.3) is 10.8 Å². The summed E-state index contributed by atoms with van der Waals surface area (Å²) in [5, 5.41) is 5.70. The standard InChI is InChI=1S/C16H19N3OS/c1-12-6-7-19(8-9-21-12)16(20)18-15-10-13-4-2-3-5-14(13)11-17-15/h2-5,10-12H,6-9H2,1H3,(H,17,18,20). The van der Waals surface area contributed by atoms with E-state index in [1.165, 1.54) is 0 Å². The van der Waals surface area contributed by atoms with Gasteiger partial charge in [0.25, 0.3) is 0 Å². The minimum Gasteiger partial charge on any atom is -0.324 e. The van der Waals surface area contributed by atoms with E-state index in [1.807, 2.05) is 47.0 Å². The highest BCUT2D eigenvalue weighted by molar-refractivity contribution is 7.99. The number of fused-ring (bicyclic) bond motifs is 1. The molecule has 1 fully saturated rings. The van der Waals surface area contributed by atoms with E-state index in [4.69, 9.17) is 0 Å². The van der Waals surface area contributed by atoms with Crippen molar-refractivity contribution in [3.8, 4) is 0 Å². The van der Waals surface area contributed by atoms with Crippen molar-refractivity contribution < 1.29 is 4.79 Å². The predicted molar refractivity (Wildman–Crippen MR) is 88.9 cm³/mol. The van der Waals surface area contributed by atoms with Gasteiger partial charge in [0, 0.05) is 35.7 Å². The zero-order chi connectivity index (χ0) is 14.7. The minimum atomic E-state index is -0.0486. The first-order chi connectivity index (χ1) is 10.2. The lowest BCUT2D eigenvalue weighted by atomic mass is 10.2. The Morgan fingerprint density at radius 3 is 3.00 bits per heavy atom. The van der Waals surface area contributed by atoms with Crippen molar-refractivity contribution >= 4 is 34.4 Å². The normalized spacial score (nSPS) is 19.3. The number of hydrogen-bond acceptors (Lipinski definition) is 3. The summed E-state index contributed by atoms with van der Waals surface area (Å²) < 4.78 is 0. The van der Waals surface area contributed by atoms with Gasteiger partial charge >= 0.3 is 6.03 Å². The molecule has 110 valence electrons. The molecule has 2 aromatic rings. The number of carbonyl (C=O) groups excluding carboxylic acids is 1. The molecule has 0 aliphatic carbocycles. The average molecular weight is 301 g/mol. The highest BCUT2D eigenvalue weighted by atomic mass is 32.2. The van der Waals surface area contributed by atoms with Gasteiger partial charge in [0.05, 0.1) is 0 Å². The van der Waals surface area contributed by atoms with Crippen molar-refractivity contribution in [1.29, 1.82) is 0 Å². The maximum Gasteiger partial charge on any atom is 0.323 e. The molecule has 1 N–H and O–H groups in total. The molecule has 0 bridgehead atoms. The number of aromatic nitrogens is 1. The van der Waals surface area contributed by atoms with Gasteiger partial charge in [0.2, 0.25) is 0 Å². The lowest BCUT2D eigenvalue weighted by molar-refractivity contribution is 0.215. The number of benzene rings is 1. The first kappa shape index (κ1) is 14.2. The number of hydrogen-bond donors (Lipinski definition) is 1. The average Bonchev–Trinajstić information content (AvgIpc) is 2.72. The molecule has 4 nitrogen and oxygen atoms in total. The van der Waals surface area contributed by atoms with Gasteiger partial charge in [-0.15, -0.1) is 0 Å². The van der Waals surface area contributed by atoms with Crippen LogP contribution in [0.2, 0.25) is 0 Å². The van der Waals surface area contributed by atoms with Gasteiger partial charge < -0.3 is 4.90 Å². The molecule has 2 heterocycles. The Kier molecular flexibility index (Phi) is 4.29. The van der Waals surface area contributed by atoms with Crippen molar-refractivity contribution in [2.45, 2.75) is 18.6 Å². The Morgan fingerprint density at radius 1 is 1.33 bits per heavy atom. The Labute approximate surface area is 128 Å². The number of urea groups is 1. The van der Waals surface area contributed by atoms with E-state index in [1.54, 1.807) is 6.20 Å². The first-order valence-corrected chi connectivity index (χ1v) is 8.29. The highest BCUT2D eigenvalue weighted by Crippen LogP contribution is 2.20. The van der Waals surface area contributed by atoms with Crippen LogP contribution in [0.15, 0.2) is 36.5 Å². The summed E-state index contributed by atoms with van der Waals surface area (Å²) >= 11 is 1.93. The molecule has 0 spiro atoms. The van der Waals surface area contributed by atoms with Gasteiger partial charge in [-0.2, -0.15) is 11.8 Å². The summed E-state index contributed by atoms with van der Waals surface area (Å²) in [6, 6.07) is 9.88. The smallest absolute Gasteiger partial charge is 0.323 e. The highest BCUT2D eigenvalue weighted by Gasteiger charge is 2.18. The third-order valence-electron chi connectivity index (χ3n) is 3.72. The predicted octanol–water partition coefficient (Wildman–Crippen LogP) is 3.59. The molecule has 1 aromatic carbocycles. The van der Waals surface area contributed by atoms with E-state index >= 15 is 0 Å². The second-order valence-corrected chi connectivity index (χ2v) is 6.85. The van der Waals surface area contributed by atoms with Crippen LogP contribution in [0.5, 0.6) is 0 Å². The lowest BCUT2D eigenvalue weighted by Gasteiger charge is -2.20. The second-order valence-electron chi connectivity index (χ2n) is 5.30. The molecule has 1 aliphatic rings. The van der Waals surface area contributed by atoms with Crippen molar-refractivity contribution in [1.82, 2.24) is 9.88 Å². The summed E-state index contributed by atoms with van der Waals surface area (Å²) in [5.74, 6) is 1.61. The van der Waals surface area contributed by atoms with Gasteiger partial charge in [0.1, 0.15) is 5.82 Å². The van der Waals surface area contributed by atoms with Gasteiger partial charge in [-0.1, -0.05) is 31.2 Å². The monoisotopic (exact) mass is 301 g/mol. The molecule has 5 heteroatoms. The van der Waals surface area contributed by atoms with E-state index in [0.29, 0.717) is 11.1 Å². The molecule has 1 aromatic heterocycles. The van der Waals surface area contributed by atoms with E-state index in [-0.39, 0.29) is 6.03 Å². The van der Waals surface area contributed by atoms with Crippen LogP contribution in [0.1, 0.15) is 13.3 Å². The van der Waals surface area contributed by atoms with Crippen LogP contribution in [0.4, 0.5) is 10.6 Å². The molecule has 2 amide bonds. The van der Waals surface area contributed by atoms with Crippen LogP contribution < -0.4 is 5.32 Å². The first-order valence-electron chi connectivity index (χ1n) is 7.25. The zero-order valence-electron chi connectivity index (χ0n) is 12.1. The van der Waals surface area contributed by atoms with Crippen molar-refractivity contribution in [2.75, 3.05) is 24.2 Å². The fourth-order valence-electron chi connectivity index (χ4n) is 2.44. The van der Waals surface area contributed by atoms with E-state index in [0.717, 1.165) is 36.0 Å². The van der Waals surface area contributed by atoms with Crippen molar-refractivity contribution in [3.63, 3.8) is 0 Å². The van der Waals surface area contributed by atoms with Crippen molar-refractivity contribution in [3.05, 3.63) is 36.5 Å². The van der Waals surface area contributed by atoms with Crippen LogP contribution in [-0.4, -0.2) is 40.0 Å². The summed E-state index contributed by atoms with van der Waals surface area (Å²) in [7, 11) is 0. The Balaban J connectivity index is 1.70. The molecular formula is C16H19N3OS. The molecule has 21 heavy (non-hydrogen) atoms. The molecule has 1 unspecified atom stereocenters. The minimum absolute atomic E-state index is 0.0486. The number of nitrogens with one attached hydrogen (secondary N) is 1. The van der Waals surface area contributed by atoms with E-state index < -0.39 is 0 Å². The third kappa shape index (κ3) is 3.47. The maximum absolute atomic E-state index is 12.3. The molecule has 1 saturated heterocycles. The summed E-state index contributed by atoms with van der Waals surface area (Å²) in [4.78, 5) is 18.5. The van der Waals surface area contributed by atoms with Gasteiger partial charge in [-0.25, -0.2) is 9.78 Å². The maximum atomic E-state index is 12.3. The van der Waals surface area contributed by atoms with Crippen LogP contribution in [-0.2, 0) is 0 Å². The van der Waals surface area contributed by atoms with Crippen LogP contribution >= 0.6 is 11.8 Å². The number of anilines is 1. The molecule has 1 aliphatic heterocycles. The Morgan fingerprint density at radius 2 is 2.14 bits per heavy atom. The number of nitrogens with zero attached hydrogens (tertiary/aromatic N) is 2. The molecule has 0 saturated carbocycles. The topological polar surface area (TPSA) is 45.2 Å². The Bertz CT molecular complexity index is 646. The zero-order valence-corrected chi connectivity index (χ0v) is 12.9. The summed E-state index contributed by atoms with van der Waals surface area (Å²) in [5.41, 5.74) is 0. The Hall–Kier alpha value is -1.75. The fourth-order valence-corrected chi connectivity index (χ4v) is 3.44. The SMILES string of the molecule is CC1CCN(C(=O)Nc2cc3ccccc3cn2)CCS1. The van der Waals surface area contributed by atoms with Gasteiger partial charge in [0.15, 0.2) is 0 Å². The quantitative estimate of drug-likeness (QED) is 0.875. The number of amides is 2. The van der Waals surface area contributed by atoms with E-state index in [2.05, 4.69) is 17.2 Å². The summed E-state index contributed by atoms with van der Waals surface area (Å²) in [6.07, 6.45) is 2.84. The lowest BCUT2D eigenvalue weighted by Crippen LogP contribution is -2.36.